The molecule has 0 N–H and O–H groups in total. The third kappa shape index (κ3) is 2.70. The molecule has 0 aliphatic heterocycles. The summed E-state index contributed by atoms with van der Waals surface area (Å²) in [7, 11) is 0. The molecule has 3 aromatic carbocycles. The molecule has 0 saturated carbocycles. The molecular weight excluding hydrogens is 276 g/mol. The Kier molecular flexibility index (Phi) is 3.75. The van der Waals surface area contributed by atoms with E-state index in [4.69, 9.17) is 0 Å². The van der Waals surface area contributed by atoms with E-state index in [1.807, 2.05) is 0 Å². The maximum atomic E-state index is 2.43. The summed E-state index contributed by atoms with van der Waals surface area (Å²) in [6.07, 6.45) is 7.11. The maximum absolute atomic E-state index is 2.43. The van der Waals surface area contributed by atoms with Crippen LogP contribution in [0.4, 0.5) is 0 Å². The fraction of sp³-hybridized carbons (Fsp3) is 0.217. The predicted molar refractivity (Wildman–Crippen MR) is 101 cm³/mol. The average Bonchev–Trinajstić information content (AvgIpc) is 3.03. The summed E-state index contributed by atoms with van der Waals surface area (Å²) in [5, 5.41) is 2.75. The van der Waals surface area contributed by atoms with Gasteiger partial charge in [0, 0.05) is 0 Å². The first-order valence-electron chi connectivity index (χ1n) is 8.65. The Hall–Kier alpha value is -2.34. The summed E-state index contributed by atoms with van der Waals surface area (Å²) in [6, 6.07) is 22.4. The zero-order valence-corrected chi connectivity index (χ0v) is 13.7. The second-order valence-electron chi connectivity index (χ2n) is 6.51. The van der Waals surface area contributed by atoms with Crippen molar-refractivity contribution in [3.63, 3.8) is 0 Å². The van der Waals surface area contributed by atoms with Crippen LogP contribution in [0.5, 0.6) is 0 Å². The van der Waals surface area contributed by atoms with Gasteiger partial charge in [-0.25, -0.2) is 0 Å². The van der Waals surface area contributed by atoms with Gasteiger partial charge in [0.15, 0.2) is 0 Å². The smallest absolute Gasteiger partial charge is 0.00135 e. The van der Waals surface area contributed by atoms with Crippen LogP contribution >= 0.6 is 0 Å². The lowest BCUT2D eigenvalue weighted by atomic mass is 9.93. The van der Waals surface area contributed by atoms with E-state index in [1.54, 1.807) is 0 Å². The Labute approximate surface area is 138 Å². The molecule has 0 fully saturated rings. The summed E-state index contributed by atoms with van der Waals surface area (Å²) in [6.45, 7) is 2.26. The summed E-state index contributed by atoms with van der Waals surface area (Å²) >= 11 is 0. The largest absolute Gasteiger partial charge is 0.0654 e. The van der Waals surface area contributed by atoms with E-state index in [0.29, 0.717) is 0 Å². The van der Waals surface area contributed by atoms with Crippen LogP contribution in [0, 0.1) is 0 Å². The molecule has 0 bridgehead atoms. The van der Waals surface area contributed by atoms with Crippen molar-refractivity contribution < 1.29 is 0 Å². The minimum absolute atomic E-state index is 1.05. The van der Waals surface area contributed by atoms with Crippen LogP contribution in [0.2, 0.25) is 0 Å². The molecule has 0 saturated heterocycles. The fourth-order valence-electron chi connectivity index (χ4n) is 3.62. The maximum Gasteiger partial charge on any atom is -0.00135 e. The van der Waals surface area contributed by atoms with Gasteiger partial charge in [-0.05, 0) is 57.9 Å². The number of rotatable bonds is 4. The van der Waals surface area contributed by atoms with Crippen molar-refractivity contribution in [2.24, 2.45) is 0 Å². The molecule has 0 heteroatoms. The van der Waals surface area contributed by atoms with Crippen molar-refractivity contribution in [1.82, 2.24) is 0 Å². The molecule has 0 atom stereocenters. The molecule has 114 valence electrons. The minimum atomic E-state index is 1.05. The number of aryl methyl sites for hydroxylation is 1. The van der Waals surface area contributed by atoms with Gasteiger partial charge in [0.25, 0.3) is 0 Å². The summed E-state index contributed by atoms with van der Waals surface area (Å²) in [5.41, 5.74) is 7.18. The van der Waals surface area contributed by atoms with E-state index in [0.717, 1.165) is 6.42 Å². The lowest BCUT2D eigenvalue weighted by molar-refractivity contribution is 0.795. The number of allylic oxidation sites excluding steroid dienone is 1. The molecule has 1 aliphatic rings. The number of benzene rings is 3. The molecule has 0 radical (unpaired) electrons. The zero-order valence-electron chi connectivity index (χ0n) is 13.7. The summed E-state index contributed by atoms with van der Waals surface area (Å²) in [5.74, 6) is 0. The zero-order chi connectivity index (χ0) is 15.6. The Morgan fingerprint density at radius 3 is 2.61 bits per heavy atom. The first-order valence-corrected chi connectivity index (χ1v) is 8.65. The van der Waals surface area contributed by atoms with Gasteiger partial charge in [0.1, 0.15) is 0 Å². The Bertz CT molecular complexity index is 883. The summed E-state index contributed by atoms with van der Waals surface area (Å²) in [4.78, 5) is 0. The second kappa shape index (κ2) is 6.04. The number of hydrogen-bond donors (Lipinski definition) is 0. The van der Waals surface area contributed by atoms with E-state index in [-0.39, 0.29) is 0 Å². The topological polar surface area (TPSA) is 0 Å². The monoisotopic (exact) mass is 298 g/mol. The van der Waals surface area contributed by atoms with Gasteiger partial charge in [-0.15, -0.1) is 0 Å². The van der Waals surface area contributed by atoms with Crippen LogP contribution in [-0.2, 0) is 12.8 Å². The quantitative estimate of drug-likeness (QED) is 0.532. The fourth-order valence-corrected chi connectivity index (χ4v) is 3.62. The second-order valence-corrected chi connectivity index (χ2v) is 6.51. The highest BCUT2D eigenvalue weighted by atomic mass is 14.2. The third-order valence-electron chi connectivity index (χ3n) is 4.85. The lowest BCUT2D eigenvalue weighted by Gasteiger charge is -2.11. The minimum Gasteiger partial charge on any atom is -0.0654 e. The molecule has 23 heavy (non-hydrogen) atoms. The van der Waals surface area contributed by atoms with Crippen molar-refractivity contribution in [3.05, 3.63) is 82.9 Å². The molecule has 0 spiro atoms. The van der Waals surface area contributed by atoms with Crippen molar-refractivity contribution in [3.8, 4) is 0 Å². The molecule has 4 rings (SSSR count). The number of hydrogen-bond acceptors (Lipinski definition) is 0. The van der Waals surface area contributed by atoms with E-state index in [1.165, 1.54) is 57.9 Å². The molecule has 1 aliphatic carbocycles. The van der Waals surface area contributed by atoms with Crippen LogP contribution in [0.1, 0.15) is 42.0 Å². The first-order chi connectivity index (χ1) is 11.3. The molecule has 0 unspecified atom stereocenters. The van der Waals surface area contributed by atoms with Gasteiger partial charge < -0.3 is 0 Å². The molecule has 0 amide bonds. The van der Waals surface area contributed by atoms with Crippen LogP contribution in [0.25, 0.3) is 22.4 Å². The lowest BCUT2D eigenvalue weighted by Crippen LogP contribution is -1.92. The molecule has 0 nitrogen and oxygen atoms in total. The van der Waals surface area contributed by atoms with Crippen molar-refractivity contribution >= 4 is 22.4 Å². The van der Waals surface area contributed by atoms with Crippen LogP contribution in [0.3, 0.4) is 0 Å². The third-order valence-corrected chi connectivity index (χ3v) is 4.85. The SMILES string of the molecule is CCCCc1cc(C2=Cc3ccccc3C2)c2ccccc2c1. The molecule has 0 heterocycles. The summed E-state index contributed by atoms with van der Waals surface area (Å²) < 4.78 is 0. The van der Waals surface area contributed by atoms with E-state index < -0.39 is 0 Å². The van der Waals surface area contributed by atoms with Gasteiger partial charge in [-0.3, -0.25) is 0 Å². The molecule has 3 aromatic rings. The van der Waals surface area contributed by atoms with E-state index in [2.05, 4.69) is 73.7 Å². The highest BCUT2D eigenvalue weighted by Gasteiger charge is 2.16. The van der Waals surface area contributed by atoms with Gasteiger partial charge >= 0.3 is 0 Å². The van der Waals surface area contributed by atoms with Crippen molar-refractivity contribution in [2.45, 2.75) is 32.6 Å². The molecule has 0 aromatic heterocycles. The predicted octanol–water partition coefficient (Wildman–Crippen LogP) is 6.28. The van der Waals surface area contributed by atoms with E-state index >= 15 is 0 Å². The standard InChI is InChI=1S/C23H22/c1-2-3-8-17-13-20-11-6-7-12-22(20)23(14-17)21-15-18-9-4-5-10-19(18)16-21/h4-7,9-15H,2-3,8,16H2,1H3. The Morgan fingerprint density at radius 1 is 0.913 bits per heavy atom. The van der Waals surface area contributed by atoms with Gasteiger partial charge in [-0.1, -0.05) is 80.1 Å². The average molecular weight is 298 g/mol. The van der Waals surface area contributed by atoms with Crippen molar-refractivity contribution in [1.29, 1.82) is 0 Å². The van der Waals surface area contributed by atoms with Crippen molar-refractivity contribution in [2.75, 3.05) is 0 Å². The Morgan fingerprint density at radius 2 is 1.74 bits per heavy atom. The van der Waals surface area contributed by atoms with Crippen LogP contribution in [-0.4, -0.2) is 0 Å². The van der Waals surface area contributed by atoms with Gasteiger partial charge in [0.2, 0.25) is 0 Å². The van der Waals surface area contributed by atoms with E-state index in [9.17, 15) is 0 Å². The number of fused-ring (bicyclic) bond motifs is 2. The highest BCUT2D eigenvalue weighted by Crippen LogP contribution is 2.35. The highest BCUT2D eigenvalue weighted by molar-refractivity contribution is 6.00. The normalized spacial score (nSPS) is 13.2. The van der Waals surface area contributed by atoms with Crippen LogP contribution < -0.4 is 0 Å². The van der Waals surface area contributed by atoms with Gasteiger partial charge in [0.05, 0.1) is 0 Å². The Balaban J connectivity index is 1.83. The van der Waals surface area contributed by atoms with Crippen LogP contribution in [0.15, 0.2) is 60.7 Å². The van der Waals surface area contributed by atoms with Gasteiger partial charge in [-0.2, -0.15) is 0 Å². The first kappa shape index (κ1) is 14.3. The number of unbranched alkanes of at least 4 members (excludes halogenated alkanes) is 1. The molecular formula is C23H22.